The Morgan fingerprint density at radius 3 is 2.50 bits per heavy atom. The van der Waals surface area contributed by atoms with Crippen LogP contribution in [0.25, 0.3) is 11.1 Å². The fourth-order valence-electron chi connectivity index (χ4n) is 5.55. The van der Waals surface area contributed by atoms with Crippen molar-refractivity contribution >= 4 is 0 Å². The summed E-state index contributed by atoms with van der Waals surface area (Å²) >= 11 is 0. The first-order valence-electron chi connectivity index (χ1n) is 11.6. The van der Waals surface area contributed by atoms with Crippen LogP contribution in [0.5, 0.6) is 5.75 Å². The molecule has 0 radical (unpaired) electrons. The van der Waals surface area contributed by atoms with Crippen LogP contribution in [0, 0.1) is 29.3 Å². The summed E-state index contributed by atoms with van der Waals surface area (Å²) in [5, 5.41) is 0. The smallest absolute Gasteiger partial charge is 0.166 e. The second kappa shape index (κ2) is 10.1. The van der Waals surface area contributed by atoms with Gasteiger partial charge in [-0.2, -0.15) is 0 Å². The summed E-state index contributed by atoms with van der Waals surface area (Å²) in [6, 6.07) is 7.41. The van der Waals surface area contributed by atoms with Gasteiger partial charge < -0.3 is 9.47 Å². The van der Waals surface area contributed by atoms with E-state index in [0.29, 0.717) is 23.5 Å². The number of benzene rings is 2. The molecule has 2 saturated carbocycles. The van der Waals surface area contributed by atoms with Gasteiger partial charge in [-0.15, -0.1) is 0 Å². The summed E-state index contributed by atoms with van der Waals surface area (Å²) in [7, 11) is 0. The monoisotopic (exact) mass is 444 g/mol. The van der Waals surface area contributed by atoms with Crippen LogP contribution in [0.1, 0.15) is 56.9 Å². The molecule has 2 aliphatic carbocycles. The predicted molar refractivity (Wildman–Crippen MR) is 120 cm³/mol. The van der Waals surface area contributed by atoms with Crippen LogP contribution >= 0.6 is 0 Å². The zero-order valence-electron chi connectivity index (χ0n) is 18.6. The van der Waals surface area contributed by atoms with Crippen LogP contribution in [-0.2, 0) is 4.74 Å². The van der Waals surface area contributed by atoms with E-state index in [1.165, 1.54) is 18.2 Å². The van der Waals surface area contributed by atoms with E-state index in [9.17, 15) is 4.39 Å². The molecule has 0 spiro atoms. The summed E-state index contributed by atoms with van der Waals surface area (Å²) in [6.45, 7) is 6.47. The van der Waals surface area contributed by atoms with Crippen molar-refractivity contribution in [3.8, 4) is 16.9 Å². The molecule has 2 fully saturated rings. The van der Waals surface area contributed by atoms with Crippen LogP contribution in [0.2, 0.25) is 0 Å². The van der Waals surface area contributed by atoms with E-state index >= 15 is 8.78 Å². The molecule has 2 aromatic rings. The summed E-state index contributed by atoms with van der Waals surface area (Å²) in [5.41, 5.74) is 0.795. The van der Waals surface area contributed by atoms with E-state index in [-0.39, 0.29) is 29.4 Å². The van der Waals surface area contributed by atoms with E-state index in [0.717, 1.165) is 45.1 Å². The van der Waals surface area contributed by atoms with E-state index in [1.807, 2.05) is 6.92 Å². The van der Waals surface area contributed by atoms with Crippen molar-refractivity contribution in [3.05, 3.63) is 66.0 Å². The summed E-state index contributed by atoms with van der Waals surface area (Å²) in [6.07, 6.45) is 7.86. The highest BCUT2D eigenvalue weighted by Crippen LogP contribution is 2.47. The molecular formula is C27H31F3O2. The Labute approximate surface area is 188 Å². The van der Waals surface area contributed by atoms with Crippen LogP contribution in [0.4, 0.5) is 13.2 Å². The molecule has 2 aliphatic rings. The van der Waals surface area contributed by atoms with Crippen molar-refractivity contribution in [2.24, 2.45) is 11.8 Å². The quantitative estimate of drug-likeness (QED) is 0.414. The van der Waals surface area contributed by atoms with Crippen LogP contribution < -0.4 is 4.74 Å². The van der Waals surface area contributed by atoms with Gasteiger partial charge in [-0.3, -0.25) is 0 Å². The number of ether oxygens (including phenoxy) is 2. The maximum Gasteiger partial charge on any atom is 0.166 e. The van der Waals surface area contributed by atoms with Gasteiger partial charge in [0.05, 0.1) is 6.10 Å². The summed E-state index contributed by atoms with van der Waals surface area (Å²) in [4.78, 5) is 0. The molecule has 2 aromatic carbocycles. The molecule has 0 aliphatic heterocycles. The van der Waals surface area contributed by atoms with Crippen LogP contribution in [0.15, 0.2) is 43.0 Å². The molecule has 0 N–H and O–H groups in total. The molecule has 4 unspecified atom stereocenters. The van der Waals surface area contributed by atoms with Crippen LogP contribution in [0.3, 0.4) is 0 Å². The summed E-state index contributed by atoms with van der Waals surface area (Å²) in [5.74, 6) is -1.09. The van der Waals surface area contributed by atoms with Gasteiger partial charge in [-0.05, 0) is 86.5 Å². The third-order valence-electron chi connectivity index (χ3n) is 7.12. The van der Waals surface area contributed by atoms with Crippen molar-refractivity contribution in [1.29, 1.82) is 0 Å². The zero-order valence-corrected chi connectivity index (χ0v) is 18.6. The van der Waals surface area contributed by atoms with E-state index < -0.39 is 17.5 Å². The van der Waals surface area contributed by atoms with Crippen molar-refractivity contribution in [3.63, 3.8) is 0 Å². The fourth-order valence-corrected chi connectivity index (χ4v) is 5.55. The van der Waals surface area contributed by atoms with Gasteiger partial charge in [0.2, 0.25) is 0 Å². The molecular weight excluding hydrogens is 413 g/mol. The average molecular weight is 445 g/mol. The van der Waals surface area contributed by atoms with Gasteiger partial charge in [0.25, 0.3) is 0 Å². The first-order chi connectivity index (χ1) is 15.5. The molecule has 4 atom stereocenters. The Hall–Kier alpha value is -2.27. The Morgan fingerprint density at radius 2 is 1.75 bits per heavy atom. The highest BCUT2D eigenvalue weighted by atomic mass is 19.2. The van der Waals surface area contributed by atoms with Crippen molar-refractivity contribution in [2.45, 2.75) is 57.5 Å². The first kappa shape index (κ1) is 22.9. The van der Waals surface area contributed by atoms with E-state index in [1.54, 1.807) is 18.2 Å². The Morgan fingerprint density at radius 1 is 0.969 bits per heavy atom. The Bertz CT molecular complexity index is 958. The van der Waals surface area contributed by atoms with Gasteiger partial charge in [-0.25, -0.2) is 13.2 Å². The number of fused-ring (bicyclic) bond motifs is 1. The lowest BCUT2D eigenvalue weighted by Crippen LogP contribution is -2.34. The SMILES string of the molecule is C=CCOc1ccc(-c2ccc(C3CCC4CC(OCC)CCC4C3)c(F)c2F)cc1F. The lowest BCUT2D eigenvalue weighted by atomic mass is 9.65. The first-order valence-corrected chi connectivity index (χ1v) is 11.6. The largest absolute Gasteiger partial charge is 0.486 e. The van der Waals surface area contributed by atoms with Crippen molar-refractivity contribution < 1.29 is 22.6 Å². The topological polar surface area (TPSA) is 18.5 Å². The molecule has 2 nitrogen and oxygen atoms in total. The standard InChI is InChI=1S/C27H31F3O2/c1-3-13-32-25-12-8-20(16-24(25)28)23-11-10-22(26(29)27(23)30)19-6-5-18-15-21(31-4-2)9-7-17(18)14-19/h3,8,10-12,16-19,21H,1,4-7,9,13-15H2,2H3. The molecule has 5 heteroatoms. The Balaban J connectivity index is 1.50. The van der Waals surface area contributed by atoms with Gasteiger partial charge in [-0.1, -0.05) is 30.9 Å². The van der Waals surface area contributed by atoms with Gasteiger partial charge >= 0.3 is 0 Å². The molecule has 172 valence electrons. The third-order valence-corrected chi connectivity index (χ3v) is 7.12. The highest BCUT2D eigenvalue weighted by molar-refractivity contribution is 5.66. The molecule has 32 heavy (non-hydrogen) atoms. The number of halogens is 3. The van der Waals surface area contributed by atoms with Gasteiger partial charge in [0.15, 0.2) is 23.2 Å². The minimum Gasteiger partial charge on any atom is -0.486 e. The van der Waals surface area contributed by atoms with Crippen molar-refractivity contribution in [1.82, 2.24) is 0 Å². The highest BCUT2D eigenvalue weighted by Gasteiger charge is 2.37. The predicted octanol–water partition coefficient (Wildman–Crippen LogP) is 7.42. The second-order valence-electron chi connectivity index (χ2n) is 9.00. The van der Waals surface area contributed by atoms with Gasteiger partial charge in [0, 0.05) is 12.2 Å². The maximum atomic E-state index is 15.1. The average Bonchev–Trinajstić information content (AvgIpc) is 2.80. The van der Waals surface area contributed by atoms with Crippen molar-refractivity contribution in [2.75, 3.05) is 13.2 Å². The molecule has 4 rings (SSSR count). The normalized spacial score (nSPS) is 25.2. The minimum atomic E-state index is -0.913. The van der Waals surface area contributed by atoms with Crippen LogP contribution in [-0.4, -0.2) is 19.3 Å². The zero-order chi connectivity index (χ0) is 22.7. The molecule has 0 saturated heterocycles. The molecule has 0 bridgehead atoms. The van der Waals surface area contributed by atoms with E-state index in [4.69, 9.17) is 9.47 Å². The molecule has 0 amide bonds. The summed E-state index contributed by atoms with van der Waals surface area (Å²) < 4.78 is 55.5. The number of rotatable bonds is 7. The third kappa shape index (κ3) is 4.73. The number of hydrogen-bond acceptors (Lipinski definition) is 2. The van der Waals surface area contributed by atoms with E-state index in [2.05, 4.69) is 6.58 Å². The number of hydrogen-bond donors (Lipinski definition) is 0. The second-order valence-corrected chi connectivity index (χ2v) is 9.00. The maximum absolute atomic E-state index is 15.1. The minimum absolute atomic E-state index is 0.0230. The molecule has 0 heterocycles. The fraction of sp³-hybridized carbons (Fsp3) is 0.481. The molecule has 0 aromatic heterocycles. The van der Waals surface area contributed by atoms with Gasteiger partial charge in [0.1, 0.15) is 6.61 Å². The lowest BCUT2D eigenvalue weighted by Gasteiger charge is -2.42. The lowest BCUT2D eigenvalue weighted by molar-refractivity contribution is -0.00970. The Kier molecular flexibility index (Phi) is 7.24.